The Hall–Kier alpha value is -1.40. The number of carbonyl (C=O) groups excluding carboxylic acids is 1. The molecule has 0 saturated heterocycles. The molecule has 0 aromatic heterocycles. The Morgan fingerprint density at radius 2 is 1.71 bits per heavy atom. The van der Waals surface area contributed by atoms with Crippen molar-refractivity contribution in [2.45, 2.75) is 6.42 Å². The standard InChI is InChI=1S/C14H6BrClF4O/c15-8-1-2-10(17)7(14(8)20)4-13(21)6-3-12(19)9(16)5-11(6)18/h1-3,5H,4H2. The van der Waals surface area contributed by atoms with Crippen LogP contribution >= 0.6 is 27.5 Å². The summed E-state index contributed by atoms with van der Waals surface area (Å²) in [6.07, 6.45) is -0.741. The van der Waals surface area contributed by atoms with Crippen molar-refractivity contribution in [1.82, 2.24) is 0 Å². The van der Waals surface area contributed by atoms with Crippen LogP contribution in [-0.4, -0.2) is 5.78 Å². The molecule has 0 atom stereocenters. The van der Waals surface area contributed by atoms with E-state index < -0.39 is 51.6 Å². The van der Waals surface area contributed by atoms with Gasteiger partial charge >= 0.3 is 0 Å². The van der Waals surface area contributed by atoms with Gasteiger partial charge in [0.1, 0.15) is 23.3 Å². The lowest BCUT2D eigenvalue weighted by Crippen LogP contribution is -2.10. The molecule has 1 nitrogen and oxygen atoms in total. The monoisotopic (exact) mass is 380 g/mol. The van der Waals surface area contributed by atoms with E-state index in [0.717, 1.165) is 12.1 Å². The van der Waals surface area contributed by atoms with Gasteiger partial charge in [-0.1, -0.05) is 11.6 Å². The zero-order chi connectivity index (χ0) is 15.7. The molecule has 0 aliphatic heterocycles. The maximum absolute atomic E-state index is 13.8. The number of hydrogen-bond donors (Lipinski definition) is 0. The quantitative estimate of drug-likeness (QED) is 0.411. The minimum atomic E-state index is -1.05. The van der Waals surface area contributed by atoms with Gasteiger partial charge in [-0.15, -0.1) is 0 Å². The average Bonchev–Trinajstić information content (AvgIpc) is 2.43. The first-order valence-electron chi connectivity index (χ1n) is 5.61. The van der Waals surface area contributed by atoms with Crippen LogP contribution in [0.1, 0.15) is 15.9 Å². The SMILES string of the molecule is O=C(Cc1c(F)ccc(Br)c1F)c1cc(F)c(Cl)cc1F. The number of Topliss-reactive ketones (excluding diaryl/α,β-unsaturated/α-hetero) is 1. The second-order valence-corrected chi connectivity index (χ2v) is 5.43. The van der Waals surface area contributed by atoms with E-state index in [1.807, 2.05) is 0 Å². The molecule has 0 amide bonds. The van der Waals surface area contributed by atoms with Crippen molar-refractivity contribution < 1.29 is 22.4 Å². The highest BCUT2D eigenvalue weighted by Crippen LogP contribution is 2.25. The van der Waals surface area contributed by atoms with Crippen LogP contribution in [0.5, 0.6) is 0 Å². The molecule has 0 heterocycles. The predicted octanol–water partition coefficient (Wildman–Crippen LogP) is 5.08. The largest absolute Gasteiger partial charge is 0.294 e. The van der Waals surface area contributed by atoms with Crippen LogP contribution in [0.15, 0.2) is 28.7 Å². The average molecular weight is 382 g/mol. The van der Waals surface area contributed by atoms with Crippen molar-refractivity contribution in [3.8, 4) is 0 Å². The lowest BCUT2D eigenvalue weighted by atomic mass is 10.0. The molecule has 0 spiro atoms. The van der Waals surface area contributed by atoms with E-state index in [1.165, 1.54) is 0 Å². The van der Waals surface area contributed by atoms with Crippen LogP contribution in [0, 0.1) is 23.3 Å². The third-order valence-electron chi connectivity index (χ3n) is 2.79. The van der Waals surface area contributed by atoms with Gasteiger partial charge < -0.3 is 0 Å². The van der Waals surface area contributed by atoms with Gasteiger partial charge in [0, 0.05) is 12.0 Å². The smallest absolute Gasteiger partial charge is 0.170 e. The fourth-order valence-corrected chi connectivity index (χ4v) is 2.24. The zero-order valence-corrected chi connectivity index (χ0v) is 12.5. The second kappa shape index (κ2) is 6.15. The molecule has 0 N–H and O–H groups in total. The van der Waals surface area contributed by atoms with Crippen molar-refractivity contribution in [2.24, 2.45) is 0 Å². The lowest BCUT2D eigenvalue weighted by Gasteiger charge is -2.07. The van der Waals surface area contributed by atoms with E-state index in [2.05, 4.69) is 15.9 Å². The topological polar surface area (TPSA) is 17.1 Å². The highest BCUT2D eigenvalue weighted by molar-refractivity contribution is 9.10. The van der Waals surface area contributed by atoms with Gasteiger partial charge in [0.15, 0.2) is 5.78 Å². The summed E-state index contributed by atoms with van der Waals surface area (Å²) in [6, 6.07) is 3.35. The van der Waals surface area contributed by atoms with Gasteiger partial charge in [-0.3, -0.25) is 4.79 Å². The Balaban J connectivity index is 2.40. The summed E-state index contributed by atoms with van der Waals surface area (Å²) >= 11 is 8.23. The summed E-state index contributed by atoms with van der Waals surface area (Å²) in [6.45, 7) is 0. The summed E-state index contributed by atoms with van der Waals surface area (Å²) in [4.78, 5) is 11.9. The van der Waals surface area contributed by atoms with Crippen LogP contribution in [0.4, 0.5) is 17.6 Å². The fraction of sp³-hybridized carbons (Fsp3) is 0.0714. The van der Waals surface area contributed by atoms with Crippen molar-refractivity contribution in [3.05, 3.63) is 68.2 Å². The van der Waals surface area contributed by atoms with Gasteiger partial charge in [-0.25, -0.2) is 17.6 Å². The maximum Gasteiger partial charge on any atom is 0.170 e. The summed E-state index contributed by atoms with van der Waals surface area (Å²) < 4.78 is 54.1. The first-order valence-corrected chi connectivity index (χ1v) is 6.78. The lowest BCUT2D eigenvalue weighted by molar-refractivity contribution is 0.0986. The van der Waals surface area contributed by atoms with Gasteiger partial charge in [0.25, 0.3) is 0 Å². The van der Waals surface area contributed by atoms with Crippen molar-refractivity contribution in [2.75, 3.05) is 0 Å². The van der Waals surface area contributed by atoms with Crippen LogP contribution in [0.25, 0.3) is 0 Å². The number of rotatable bonds is 3. The van der Waals surface area contributed by atoms with Crippen LogP contribution in [0.2, 0.25) is 5.02 Å². The predicted molar refractivity (Wildman–Crippen MR) is 73.5 cm³/mol. The molecule has 110 valence electrons. The van der Waals surface area contributed by atoms with E-state index in [4.69, 9.17) is 11.6 Å². The number of ketones is 1. The van der Waals surface area contributed by atoms with Crippen LogP contribution in [0.3, 0.4) is 0 Å². The maximum atomic E-state index is 13.8. The molecule has 0 bridgehead atoms. The molecule has 21 heavy (non-hydrogen) atoms. The van der Waals surface area contributed by atoms with Gasteiger partial charge in [-0.05, 0) is 40.2 Å². The third kappa shape index (κ3) is 3.27. The van der Waals surface area contributed by atoms with E-state index >= 15 is 0 Å². The molecule has 2 aromatic carbocycles. The zero-order valence-electron chi connectivity index (χ0n) is 10.2. The summed E-state index contributed by atoms with van der Waals surface area (Å²) in [7, 11) is 0. The molecule has 2 aromatic rings. The van der Waals surface area contributed by atoms with Crippen molar-refractivity contribution in [3.63, 3.8) is 0 Å². The highest BCUT2D eigenvalue weighted by atomic mass is 79.9. The minimum absolute atomic E-state index is 0.0329. The molecular weight excluding hydrogens is 376 g/mol. The second-order valence-electron chi connectivity index (χ2n) is 4.17. The number of carbonyl (C=O) groups is 1. The van der Waals surface area contributed by atoms with Gasteiger partial charge in [0.2, 0.25) is 0 Å². The Morgan fingerprint density at radius 1 is 1.05 bits per heavy atom. The molecule has 0 fully saturated rings. The molecule has 0 unspecified atom stereocenters. The fourth-order valence-electron chi connectivity index (χ4n) is 1.72. The molecule has 7 heteroatoms. The minimum Gasteiger partial charge on any atom is -0.294 e. The van der Waals surface area contributed by atoms with Crippen LogP contribution < -0.4 is 0 Å². The van der Waals surface area contributed by atoms with Gasteiger partial charge in [0.05, 0.1) is 15.1 Å². The number of halogens is 6. The summed E-state index contributed by atoms with van der Waals surface area (Å²) in [5.41, 5.74) is -1.14. The van der Waals surface area contributed by atoms with E-state index in [1.54, 1.807) is 0 Å². The Labute approximate surface area is 130 Å². The Morgan fingerprint density at radius 3 is 2.38 bits per heavy atom. The summed E-state index contributed by atoms with van der Waals surface area (Å²) in [5.74, 6) is -4.91. The molecule has 0 aliphatic carbocycles. The van der Waals surface area contributed by atoms with Crippen LogP contribution in [-0.2, 0) is 6.42 Å². The van der Waals surface area contributed by atoms with Crippen molar-refractivity contribution in [1.29, 1.82) is 0 Å². The number of benzene rings is 2. The van der Waals surface area contributed by atoms with Crippen molar-refractivity contribution >= 4 is 33.3 Å². The molecule has 0 radical (unpaired) electrons. The number of hydrogen-bond acceptors (Lipinski definition) is 1. The first kappa shape index (κ1) is 16.0. The van der Waals surface area contributed by atoms with Gasteiger partial charge in [-0.2, -0.15) is 0 Å². The summed E-state index contributed by atoms with van der Waals surface area (Å²) in [5, 5.41) is -0.483. The van der Waals surface area contributed by atoms with E-state index in [0.29, 0.717) is 12.1 Å². The van der Waals surface area contributed by atoms with E-state index in [9.17, 15) is 22.4 Å². The molecule has 2 rings (SSSR count). The highest BCUT2D eigenvalue weighted by Gasteiger charge is 2.20. The molecule has 0 aliphatic rings. The molecular formula is C14H6BrClF4O. The third-order valence-corrected chi connectivity index (χ3v) is 3.69. The normalized spacial score (nSPS) is 10.8. The molecule has 0 saturated carbocycles. The Bertz CT molecular complexity index is 733. The van der Waals surface area contributed by atoms with E-state index in [-0.39, 0.29) is 4.47 Å². The first-order chi connectivity index (χ1) is 9.81. The Kier molecular flexibility index (Phi) is 4.68.